The van der Waals surface area contributed by atoms with Crippen molar-refractivity contribution in [3.63, 3.8) is 0 Å². The summed E-state index contributed by atoms with van der Waals surface area (Å²) in [6.45, 7) is 0. The van der Waals surface area contributed by atoms with E-state index >= 15 is 0 Å². The monoisotopic (exact) mass is 218 g/mol. The molecule has 0 spiro atoms. The van der Waals surface area contributed by atoms with Gasteiger partial charge in [0.25, 0.3) is 0 Å². The van der Waals surface area contributed by atoms with Crippen molar-refractivity contribution in [2.24, 2.45) is 0 Å². The minimum atomic E-state index is -0.955. The van der Waals surface area contributed by atoms with Gasteiger partial charge in [0.15, 0.2) is 0 Å². The van der Waals surface area contributed by atoms with Crippen molar-refractivity contribution in [2.45, 2.75) is 12.2 Å². The standard InChI is InChI=1S/C4H10O2S4/c5-3(1-7)4(6)2-10(8)9/h3-7,10H,1-2H2. The molecule has 0 radical (unpaired) electrons. The van der Waals surface area contributed by atoms with Gasteiger partial charge in [-0.15, -0.1) is 0 Å². The van der Waals surface area contributed by atoms with Crippen LogP contribution in [0.4, 0.5) is 0 Å². The van der Waals surface area contributed by atoms with E-state index in [0.29, 0.717) is 5.75 Å². The van der Waals surface area contributed by atoms with E-state index in [0.717, 1.165) is 0 Å². The maximum atomic E-state index is 9.07. The first-order valence-corrected chi connectivity index (χ1v) is 6.85. The molecule has 2 nitrogen and oxygen atoms in total. The van der Waals surface area contributed by atoms with Crippen molar-refractivity contribution >= 4 is 43.0 Å². The first kappa shape index (κ1) is 11.1. The molecule has 2 N–H and O–H groups in total. The molecule has 0 aliphatic heterocycles. The minimum absolute atomic E-state index is 0.245. The lowest BCUT2D eigenvalue weighted by atomic mass is 10.3. The number of rotatable bonds is 4. The molecule has 0 aromatic rings. The topological polar surface area (TPSA) is 40.5 Å². The molecule has 2 atom stereocenters. The lowest BCUT2D eigenvalue weighted by Crippen LogP contribution is -2.30. The molecule has 10 heavy (non-hydrogen) atoms. The van der Waals surface area contributed by atoms with Crippen molar-refractivity contribution in [2.75, 3.05) is 11.5 Å². The Kier molecular flexibility index (Phi) is 6.28. The van der Waals surface area contributed by atoms with Crippen LogP contribution in [0.25, 0.3) is 0 Å². The van der Waals surface area contributed by atoms with Crippen LogP contribution in [0.2, 0.25) is 0 Å². The van der Waals surface area contributed by atoms with Crippen LogP contribution >= 0.6 is 12.6 Å². The van der Waals surface area contributed by atoms with Gasteiger partial charge in [0.2, 0.25) is 0 Å². The molecule has 62 valence electrons. The third-order valence-electron chi connectivity index (χ3n) is 0.967. The van der Waals surface area contributed by atoms with Crippen molar-refractivity contribution in [1.29, 1.82) is 0 Å². The fourth-order valence-corrected chi connectivity index (χ4v) is 2.10. The summed E-state index contributed by atoms with van der Waals surface area (Å²) in [7, 11) is -0.955. The number of hydrogen-bond acceptors (Lipinski definition) is 5. The van der Waals surface area contributed by atoms with Crippen LogP contribution in [0.15, 0.2) is 0 Å². The molecule has 0 saturated carbocycles. The van der Waals surface area contributed by atoms with E-state index in [4.69, 9.17) is 32.6 Å². The second kappa shape index (κ2) is 5.68. The van der Waals surface area contributed by atoms with Crippen LogP contribution in [-0.4, -0.2) is 33.9 Å². The number of thiol groups is 2. The summed E-state index contributed by atoms with van der Waals surface area (Å²) in [5.74, 6) is 0.580. The van der Waals surface area contributed by atoms with E-state index < -0.39 is 20.2 Å². The Bertz CT molecular complexity index is 147. The molecule has 0 aromatic heterocycles. The molecule has 0 aromatic carbocycles. The van der Waals surface area contributed by atoms with E-state index in [1.807, 2.05) is 0 Å². The summed E-state index contributed by atoms with van der Waals surface area (Å²) in [5.41, 5.74) is 0. The van der Waals surface area contributed by atoms with Crippen LogP contribution in [0.3, 0.4) is 0 Å². The summed E-state index contributed by atoms with van der Waals surface area (Å²) in [5, 5.41) is 18.0. The molecule has 0 heterocycles. The molecule has 0 aliphatic carbocycles. The van der Waals surface area contributed by atoms with Crippen LogP contribution in [0.5, 0.6) is 0 Å². The lowest BCUT2D eigenvalue weighted by molar-refractivity contribution is 0.0502. The first-order valence-electron chi connectivity index (χ1n) is 2.66. The third kappa shape index (κ3) is 4.81. The first-order chi connectivity index (χ1) is 4.57. The molecule has 6 heteroatoms. The predicted octanol–water partition coefficient (Wildman–Crippen LogP) is -1.09. The molecule has 0 amide bonds. The van der Waals surface area contributed by atoms with Gasteiger partial charge in [0.05, 0.1) is 12.2 Å². The summed E-state index contributed by atoms with van der Waals surface area (Å²) >= 11 is 13.2. The Balaban J connectivity index is 3.71. The Hall–Kier alpha value is 1.06. The Labute approximate surface area is 76.9 Å². The Morgan fingerprint density at radius 3 is 2.10 bits per heavy atom. The van der Waals surface area contributed by atoms with E-state index in [-0.39, 0.29) is 5.75 Å². The lowest BCUT2D eigenvalue weighted by Gasteiger charge is -2.12. The summed E-state index contributed by atoms with van der Waals surface area (Å²) in [4.78, 5) is 0. The largest absolute Gasteiger partial charge is 0.390 e. The zero-order valence-corrected chi connectivity index (χ0v) is 8.60. The van der Waals surface area contributed by atoms with E-state index in [1.54, 1.807) is 0 Å². The molecule has 0 rings (SSSR count). The van der Waals surface area contributed by atoms with Gasteiger partial charge < -0.3 is 10.2 Å². The number of hydrogen-bond donors (Lipinski definition) is 4. The van der Waals surface area contributed by atoms with Gasteiger partial charge in [-0.1, -0.05) is 30.4 Å². The maximum Gasteiger partial charge on any atom is 0.0901 e. The molecular weight excluding hydrogens is 208 g/mol. The smallest absolute Gasteiger partial charge is 0.0901 e. The summed E-state index contributed by atoms with van der Waals surface area (Å²) in [6.07, 6.45) is -1.59. The second-order valence-corrected chi connectivity index (χ2v) is 6.57. The minimum Gasteiger partial charge on any atom is -0.390 e. The van der Waals surface area contributed by atoms with Crippen LogP contribution < -0.4 is 0 Å². The molecule has 2 unspecified atom stereocenters. The van der Waals surface area contributed by atoms with Crippen LogP contribution in [-0.2, 0) is 30.4 Å². The second-order valence-electron chi connectivity index (χ2n) is 1.83. The normalized spacial score (nSPS) is 17.2. The Morgan fingerprint density at radius 2 is 1.80 bits per heavy atom. The SMILES string of the molecule is OC(CS)C(O)C[SH](=S)=S. The fraction of sp³-hybridized carbons (Fsp3) is 1.00. The average Bonchev–Trinajstić information content (AvgIpc) is 1.85. The summed E-state index contributed by atoms with van der Waals surface area (Å²) < 4.78 is 0. The van der Waals surface area contributed by atoms with E-state index in [2.05, 4.69) is 12.6 Å². The van der Waals surface area contributed by atoms with Crippen molar-refractivity contribution in [3.05, 3.63) is 0 Å². The Morgan fingerprint density at radius 1 is 1.30 bits per heavy atom. The summed E-state index contributed by atoms with van der Waals surface area (Å²) in [6, 6.07) is 0. The molecule has 0 saturated heterocycles. The fourth-order valence-electron chi connectivity index (χ4n) is 0.396. The van der Waals surface area contributed by atoms with Gasteiger partial charge in [-0.25, -0.2) is 0 Å². The highest BCUT2D eigenvalue weighted by Gasteiger charge is 2.12. The third-order valence-corrected chi connectivity index (χ3v) is 2.91. The van der Waals surface area contributed by atoms with Crippen molar-refractivity contribution in [1.82, 2.24) is 0 Å². The molecule has 0 bridgehead atoms. The van der Waals surface area contributed by atoms with Crippen LogP contribution in [0.1, 0.15) is 0 Å². The van der Waals surface area contributed by atoms with Gasteiger partial charge in [-0.05, 0) is 0 Å². The van der Waals surface area contributed by atoms with Gasteiger partial charge in [-0.2, -0.15) is 12.6 Å². The highest BCUT2D eigenvalue weighted by atomic mass is 33.1. The van der Waals surface area contributed by atoms with Crippen molar-refractivity contribution in [3.8, 4) is 0 Å². The highest BCUT2D eigenvalue weighted by molar-refractivity contribution is 8.46. The maximum absolute atomic E-state index is 9.07. The van der Waals surface area contributed by atoms with E-state index in [1.165, 1.54) is 0 Å². The zero-order chi connectivity index (χ0) is 8.15. The van der Waals surface area contributed by atoms with Gasteiger partial charge in [0, 0.05) is 11.5 Å². The van der Waals surface area contributed by atoms with Gasteiger partial charge in [-0.3, -0.25) is 0 Å². The molecule has 0 aliphatic rings. The van der Waals surface area contributed by atoms with Gasteiger partial charge >= 0.3 is 0 Å². The zero-order valence-electron chi connectivity index (χ0n) is 5.17. The molecular formula is C4H10O2S4. The predicted molar refractivity (Wildman–Crippen MR) is 54.2 cm³/mol. The van der Waals surface area contributed by atoms with Crippen LogP contribution in [0, 0.1) is 0 Å². The quantitative estimate of drug-likeness (QED) is 0.453. The highest BCUT2D eigenvalue weighted by Crippen LogP contribution is 1.95. The van der Waals surface area contributed by atoms with Crippen molar-refractivity contribution < 1.29 is 10.2 Å². The average molecular weight is 218 g/mol. The number of aliphatic hydroxyl groups excluding tert-OH is 2. The number of aliphatic hydroxyl groups is 2. The molecule has 0 fully saturated rings. The van der Waals surface area contributed by atoms with E-state index in [9.17, 15) is 0 Å². The van der Waals surface area contributed by atoms with Gasteiger partial charge in [0.1, 0.15) is 0 Å².